The van der Waals surface area contributed by atoms with Crippen LogP contribution in [0, 0.1) is 0 Å². The molecule has 9 heteroatoms. The number of ether oxygens (including phenoxy) is 2. The summed E-state index contributed by atoms with van der Waals surface area (Å²) < 4.78 is 10.9. The highest BCUT2D eigenvalue weighted by Gasteiger charge is 2.44. The third kappa shape index (κ3) is 5.66. The first kappa shape index (κ1) is 23.3. The summed E-state index contributed by atoms with van der Waals surface area (Å²) in [6.45, 7) is -0.872. The van der Waals surface area contributed by atoms with Crippen LogP contribution in [-0.2, 0) is 9.47 Å². The number of hydrogen-bond acceptors (Lipinski definition) is 8. The topological polar surface area (TPSA) is 149 Å². The Bertz CT molecular complexity index is 819. The van der Waals surface area contributed by atoms with Crippen molar-refractivity contribution in [2.45, 2.75) is 42.9 Å². The first-order valence-electron chi connectivity index (χ1n) is 9.93. The average Bonchev–Trinajstić information content (AvgIpc) is 2.81. The van der Waals surface area contributed by atoms with Crippen molar-refractivity contribution in [1.29, 1.82) is 0 Å². The van der Waals surface area contributed by atoms with E-state index in [1.165, 1.54) is 0 Å². The minimum atomic E-state index is -1.59. The van der Waals surface area contributed by atoms with Crippen molar-refractivity contribution in [2.24, 2.45) is 0 Å². The molecule has 168 valence electrons. The van der Waals surface area contributed by atoms with Gasteiger partial charge in [0.2, 0.25) is 0 Å². The number of carbonyl (C=O) groups excluding carboxylic acids is 1. The van der Waals surface area contributed by atoms with E-state index in [4.69, 9.17) is 9.47 Å². The van der Waals surface area contributed by atoms with Crippen molar-refractivity contribution in [3.63, 3.8) is 0 Å². The molecule has 0 unspecified atom stereocenters. The van der Waals surface area contributed by atoms with Crippen molar-refractivity contribution in [2.75, 3.05) is 13.2 Å². The van der Waals surface area contributed by atoms with Crippen molar-refractivity contribution in [3.05, 3.63) is 71.8 Å². The van der Waals surface area contributed by atoms with Crippen LogP contribution in [-0.4, -0.2) is 81.4 Å². The van der Waals surface area contributed by atoms with Crippen LogP contribution < -0.4 is 5.32 Å². The van der Waals surface area contributed by atoms with Gasteiger partial charge in [-0.05, 0) is 17.7 Å². The van der Waals surface area contributed by atoms with Crippen LogP contribution in [0.2, 0.25) is 0 Å². The highest BCUT2D eigenvalue weighted by molar-refractivity contribution is 5.94. The number of hydrogen-bond donors (Lipinski definition) is 6. The largest absolute Gasteiger partial charge is 0.394 e. The molecule has 0 aliphatic carbocycles. The molecule has 1 saturated heterocycles. The third-order valence-corrected chi connectivity index (χ3v) is 5.16. The maximum absolute atomic E-state index is 12.6. The zero-order valence-electron chi connectivity index (χ0n) is 16.7. The summed E-state index contributed by atoms with van der Waals surface area (Å²) in [5.41, 5.74) is 0.930. The Morgan fingerprint density at radius 2 is 1.58 bits per heavy atom. The van der Waals surface area contributed by atoms with E-state index in [9.17, 15) is 30.3 Å². The Kier molecular flexibility index (Phi) is 8.10. The fraction of sp³-hybridized carbons (Fsp3) is 0.409. The normalized spacial score (nSPS) is 28.0. The second-order valence-electron chi connectivity index (χ2n) is 7.33. The van der Waals surface area contributed by atoms with Crippen LogP contribution in [0.3, 0.4) is 0 Å². The van der Waals surface area contributed by atoms with Crippen LogP contribution in [0.15, 0.2) is 60.7 Å². The molecular formula is C22H27NO8. The number of benzene rings is 2. The standard InChI is InChI=1S/C22H27NO8/c24-11-16-18(26)19(27)20(28)22(31-16)30-12-15(17(25)13-7-3-1-4-8-13)23-21(29)14-9-5-2-6-10-14/h1-10,15-20,22,24-28H,11-12H2,(H,23,29)/t15-,16-,17+,18+,19+,20+,22-/m0/s1. The summed E-state index contributed by atoms with van der Waals surface area (Å²) in [4.78, 5) is 12.6. The smallest absolute Gasteiger partial charge is 0.251 e. The van der Waals surface area contributed by atoms with Gasteiger partial charge in [0.1, 0.15) is 30.5 Å². The molecule has 0 spiro atoms. The number of aliphatic hydroxyl groups is 5. The Labute approximate surface area is 179 Å². The Hall–Kier alpha value is -2.37. The van der Waals surface area contributed by atoms with Gasteiger partial charge in [-0.15, -0.1) is 0 Å². The second-order valence-corrected chi connectivity index (χ2v) is 7.33. The molecule has 2 aromatic carbocycles. The molecule has 6 N–H and O–H groups in total. The monoisotopic (exact) mass is 433 g/mol. The van der Waals surface area contributed by atoms with Crippen LogP contribution in [0.4, 0.5) is 0 Å². The highest BCUT2D eigenvalue weighted by atomic mass is 16.7. The quantitative estimate of drug-likeness (QED) is 0.321. The maximum Gasteiger partial charge on any atom is 0.251 e. The molecule has 7 atom stereocenters. The van der Waals surface area contributed by atoms with Crippen molar-refractivity contribution in [1.82, 2.24) is 5.32 Å². The van der Waals surface area contributed by atoms with Crippen molar-refractivity contribution < 1.29 is 39.8 Å². The fourth-order valence-corrected chi connectivity index (χ4v) is 3.34. The molecule has 9 nitrogen and oxygen atoms in total. The van der Waals surface area contributed by atoms with E-state index in [2.05, 4.69) is 5.32 Å². The predicted octanol–water partition coefficient (Wildman–Crippen LogP) is -0.665. The van der Waals surface area contributed by atoms with Crippen molar-refractivity contribution >= 4 is 5.91 Å². The Balaban J connectivity index is 1.74. The molecule has 1 fully saturated rings. The SMILES string of the molecule is O=C(N[C@@H](CO[C@H]1O[C@@H](CO)[C@@H](O)[C@@H](O)[C@H]1O)[C@H](O)c1ccccc1)c1ccccc1. The lowest BCUT2D eigenvalue weighted by molar-refractivity contribution is -0.302. The van der Waals surface area contributed by atoms with Crippen molar-refractivity contribution in [3.8, 4) is 0 Å². The van der Waals surface area contributed by atoms with Gasteiger partial charge in [-0.3, -0.25) is 4.79 Å². The zero-order chi connectivity index (χ0) is 22.4. The van der Waals surface area contributed by atoms with E-state index < -0.39 is 55.4 Å². The van der Waals surface area contributed by atoms with Gasteiger partial charge in [0.15, 0.2) is 6.29 Å². The summed E-state index contributed by atoms with van der Waals surface area (Å²) in [6.07, 6.45) is -8.33. The second kappa shape index (κ2) is 10.8. The molecule has 1 heterocycles. The maximum atomic E-state index is 12.6. The van der Waals surface area contributed by atoms with Crippen LogP contribution >= 0.6 is 0 Å². The average molecular weight is 433 g/mol. The molecule has 1 amide bonds. The Morgan fingerprint density at radius 1 is 0.968 bits per heavy atom. The van der Waals surface area contributed by atoms with E-state index in [0.717, 1.165) is 0 Å². The van der Waals surface area contributed by atoms with E-state index in [0.29, 0.717) is 11.1 Å². The van der Waals surface area contributed by atoms with Crippen LogP contribution in [0.1, 0.15) is 22.0 Å². The lowest BCUT2D eigenvalue weighted by atomic mass is 9.99. The number of rotatable bonds is 8. The molecule has 0 bridgehead atoms. The van der Waals surface area contributed by atoms with E-state index in [-0.39, 0.29) is 6.61 Å². The van der Waals surface area contributed by atoms with Gasteiger partial charge in [0.05, 0.1) is 19.3 Å². The van der Waals surface area contributed by atoms with Gasteiger partial charge in [0.25, 0.3) is 5.91 Å². The highest BCUT2D eigenvalue weighted by Crippen LogP contribution is 2.24. The van der Waals surface area contributed by atoms with Crippen LogP contribution in [0.25, 0.3) is 0 Å². The van der Waals surface area contributed by atoms with Crippen LogP contribution in [0.5, 0.6) is 0 Å². The van der Waals surface area contributed by atoms with Gasteiger partial charge >= 0.3 is 0 Å². The minimum Gasteiger partial charge on any atom is -0.394 e. The third-order valence-electron chi connectivity index (χ3n) is 5.16. The van der Waals surface area contributed by atoms with Gasteiger partial charge in [0, 0.05) is 5.56 Å². The van der Waals surface area contributed by atoms with Gasteiger partial charge in [-0.1, -0.05) is 48.5 Å². The minimum absolute atomic E-state index is 0.280. The molecule has 0 aromatic heterocycles. The van der Waals surface area contributed by atoms with Gasteiger partial charge < -0.3 is 40.3 Å². The molecule has 0 radical (unpaired) electrons. The molecule has 1 aliphatic rings. The number of aliphatic hydroxyl groups excluding tert-OH is 5. The lowest BCUT2D eigenvalue weighted by Gasteiger charge is -2.40. The number of amides is 1. The molecule has 3 rings (SSSR count). The summed E-state index contributed by atoms with van der Waals surface area (Å²) in [5, 5.41) is 52.8. The lowest BCUT2D eigenvalue weighted by Crippen LogP contribution is -2.59. The van der Waals surface area contributed by atoms with E-state index in [1.807, 2.05) is 0 Å². The number of carbonyl (C=O) groups is 1. The zero-order valence-corrected chi connectivity index (χ0v) is 16.7. The molecule has 1 aliphatic heterocycles. The summed E-state index contributed by atoms with van der Waals surface area (Å²) in [6, 6.07) is 16.2. The van der Waals surface area contributed by atoms with Gasteiger partial charge in [-0.2, -0.15) is 0 Å². The summed E-state index contributed by atoms with van der Waals surface area (Å²) in [7, 11) is 0. The number of nitrogens with one attached hydrogen (secondary N) is 1. The molecule has 31 heavy (non-hydrogen) atoms. The Morgan fingerprint density at radius 3 is 2.19 bits per heavy atom. The van der Waals surface area contributed by atoms with Gasteiger partial charge in [-0.25, -0.2) is 0 Å². The van der Waals surface area contributed by atoms with E-state index in [1.54, 1.807) is 60.7 Å². The molecular weight excluding hydrogens is 406 g/mol. The predicted molar refractivity (Wildman–Crippen MR) is 109 cm³/mol. The molecule has 0 saturated carbocycles. The fourth-order valence-electron chi connectivity index (χ4n) is 3.34. The first-order chi connectivity index (χ1) is 14.9. The van der Waals surface area contributed by atoms with E-state index >= 15 is 0 Å². The summed E-state index contributed by atoms with van der Waals surface area (Å²) in [5.74, 6) is -0.432. The first-order valence-corrected chi connectivity index (χ1v) is 9.93. The summed E-state index contributed by atoms with van der Waals surface area (Å²) >= 11 is 0. The molecule has 2 aromatic rings.